The fraction of sp³-hybridized carbons (Fsp3) is 0.643. The Morgan fingerprint density at radius 3 is 1.83 bits per heavy atom. The van der Waals surface area contributed by atoms with Gasteiger partial charge in [-0.3, -0.25) is 4.90 Å². The van der Waals surface area contributed by atoms with Crippen LogP contribution < -0.4 is 19.4 Å². The van der Waals surface area contributed by atoms with E-state index in [4.69, 9.17) is 14.7 Å². The van der Waals surface area contributed by atoms with Gasteiger partial charge in [0.15, 0.2) is 0 Å². The summed E-state index contributed by atoms with van der Waals surface area (Å²) >= 11 is 0. The molecule has 2 aromatic rings. The van der Waals surface area contributed by atoms with Crippen molar-refractivity contribution in [3.63, 3.8) is 0 Å². The molecule has 0 spiro atoms. The van der Waals surface area contributed by atoms with Gasteiger partial charge in [-0.2, -0.15) is 9.97 Å². The molecule has 0 atom stereocenters. The summed E-state index contributed by atoms with van der Waals surface area (Å²) in [6.45, 7) is 14.1. The fourth-order valence-corrected chi connectivity index (χ4v) is 5.95. The minimum absolute atomic E-state index is 0.939. The first-order valence-corrected chi connectivity index (χ1v) is 13.6. The third-order valence-corrected chi connectivity index (χ3v) is 7.87. The molecule has 0 N–H and O–H groups in total. The zero-order valence-electron chi connectivity index (χ0n) is 21.9. The van der Waals surface area contributed by atoms with Gasteiger partial charge in [0.25, 0.3) is 0 Å². The molecule has 35 heavy (non-hydrogen) atoms. The summed E-state index contributed by atoms with van der Waals surface area (Å²) in [5, 5.41) is 0. The number of benzene rings is 1. The predicted molar refractivity (Wildman–Crippen MR) is 144 cm³/mol. The highest BCUT2D eigenvalue weighted by molar-refractivity contribution is 5.56. The average molecular weight is 479 g/mol. The summed E-state index contributed by atoms with van der Waals surface area (Å²) in [7, 11) is 1.76. The maximum absolute atomic E-state index is 5.52. The van der Waals surface area contributed by atoms with Crippen LogP contribution in [-0.2, 0) is 6.42 Å². The van der Waals surface area contributed by atoms with Crippen molar-refractivity contribution in [2.45, 2.75) is 52.4 Å². The molecule has 0 bridgehead atoms. The van der Waals surface area contributed by atoms with Crippen LogP contribution in [0, 0.1) is 13.8 Å². The maximum Gasteiger partial charge on any atom is 0.229 e. The molecule has 7 heteroatoms. The Bertz CT molecular complexity index is 934. The molecule has 7 nitrogen and oxygen atoms in total. The molecule has 3 fully saturated rings. The first-order valence-electron chi connectivity index (χ1n) is 13.6. The third kappa shape index (κ3) is 5.66. The van der Waals surface area contributed by atoms with E-state index in [1.807, 2.05) is 0 Å². The number of rotatable bonds is 8. The molecule has 1 aromatic heterocycles. The molecule has 0 radical (unpaired) electrons. The average Bonchev–Trinajstić information content (AvgIpc) is 3.59. The van der Waals surface area contributed by atoms with Gasteiger partial charge in [0, 0.05) is 58.4 Å². The normalized spacial score (nSPS) is 19.1. The number of hydrogen-bond acceptors (Lipinski definition) is 7. The van der Waals surface area contributed by atoms with Crippen molar-refractivity contribution in [2.24, 2.45) is 0 Å². The SMILES string of the molecule is COc1c(C)cc(CCCN2CCN(c3cc(N4CCCC4)nc(N4CCCC4)n3)CC2)cc1C. The summed E-state index contributed by atoms with van der Waals surface area (Å²) in [6, 6.07) is 6.82. The zero-order valence-corrected chi connectivity index (χ0v) is 21.9. The second kappa shape index (κ2) is 11.0. The van der Waals surface area contributed by atoms with E-state index < -0.39 is 0 Å². The molecule has 0 saturated carbocycles. The number of aryl methyl sites for hydroxylation is 3. The largest absolute Gasteiger partial charge is 0.496 e. The minimum atomic E-state index is 0.939. The van der Waals surface area contributed by atoms with Crippen LogP contribution in [0.3, 0.4) is 0 Å². The number of methoxy groups -OCH3 is 1. The fourth-order valence-electron chi connectivity index (χ4n) is 5.95. The van der Waals surface area contributed by atoms with Crippen molar-refractivity contribution < 1.29 is 4.74 Å². The lowest BCUT2D eigenvalue weighted by atomic mass is 10.0. The Kier molecular flexibility index (Phi) is 7.61. The van der Waals surface area contributed by atoms with E-state index in [1.54, 1.807) is 7.11 Å². The molecule has 1 aromatic carbocycles. The number of piperazine rings is 1. The second-order valence-electron chi connectivity index (χ2n) is 10.5. The highest BCUT2D eigenvalue weighted by Gasteiger charge is 2.24. The predicted octanol–water partition coefficient (Wildman–Crippen LogP) is 4.06. The number of hydrogen-bond donors (Lipinski definition) is 0. The van der Waals surface area contributed by atoms with Gasteiger partial charge in [0.1, 0.15) is 17.4 Å². The van der Waals surface area contributed by atoms with Crippen molar-refractivity contribution >= 4 is 17.6 Å². The summed E-state index contributed by atoms with van der Waals surface area (Å²) < 4.78 is 5.52. The summed E-state index contributed by atoms with van der Waals surface area (Å²) in [5.74, 6) is 4.21. The Hall–Kier alpha value is -2.54. The molecular weight excluding hydrogens is 436 g/mol. The first-order chi connectivity index (χ1) is 17.1. The molecule has 3 aliphatic rings. The van der Waals surface area contributed by atoms with E-state index in [9.17, 15) is 0 Å². The van der Waals surface area contributed by atoms with E-state index in [0.717, 1.165) is 88.7 Å². The molecule has 4 heterocycles. The maximum atomic E-state index is 5.52. The highest BCUT2D eigenvalue weighted by atomic mass is 16.5. The molecule has 0 unspecified atom stereocenters. The molecule has 3 saturated heterocycles. The topological polar surface area (TPSA) is 48.0 Å². The van der Waals surface area contributed by atoms with Crippen LogP contribution >= 0.6 is 0 Å². The molecule has 5 rings (SSSR count). The molecular formula is C28H42N6O. The Morgan fingerprint density at radius 2 is 1.26 bits per heavy atom. The minimum Gasteiger partial charge on any atom is -0.496 e. The number of nitrogens with zero attached hydrogens (tertiary/aromatic N) is 6. The lowest BCUT2D eigenvalue weighted by Gasteiger charge is -2.36. The summed E-state index contributed by atoms with van der Waals surface area (Å²) in [4.78, 5) is 20.0. The van der Waals surface area contributed by atoms with Crippen molar-refractivity contribution in [1.29, 1.82) is 0 Å². The van der Waals surface area contributed by atoms with Gasteiger partial charge in [0.05, 0.1) is 7.11 Å². The van der Waals surface area contributed by atoms with Crippen LogP contribution in [0.5, 0.6) is 5.75 Å². The molecule has 0 aliphatic carbocycles. The van der Waals surface area contributed by atoms with E-state index in [2.05, 4.69) is 51.6 Å². The monoisotopic (exact) mass is 478 g/mol. The van der Waals surface area contributed by atoms with Gasteiger partial charge >= 0.3 is 0 Å². The smallest absolute Gasteiger partial charge is 0.229 e. The summed E-state index contributed by atoms with van der Waals surface area (Å²) in [5.41, 5.74) is 3.90. The lowest BCUT2D eigenvalue weighted by molar-refractivity contribution is 0.254. The van der Waals surface area contributed by atoms with Gasteiger partial charge in [-0.1, -0.05) is 12.1 Å². The highest BCUT2D eigenvalue weighted by Crippen LogP contribution is 2.28. The van der Waals surface area contributed by atoms with Crippen molar-refractivity contribution in [2.75, 3.05) is 80.7 Å². The second-order valence-corrected chi connectivity index (χ2v) is 10.5. The van der Waals surface area contributed by atoms with E-state index in [1.165, 1.54) is 48.8 Å². The van der Waals surface area contributed by atoms with Crippen LogP contribution in [0.25, 0.3) is 0 Å². The molecule has 3 aliphatic heterocycles. The Labute approximate surface area is 211 Å². The van der Waals surface area contributed by atoms with Crippen molar-refractivity contribution in [3.05, 3.63) is 34.9 Å². The quantitative estimate of drug-likeness (QED) is 0.567. The number of anilines is 3. The van der Waals surface area contributed by atoms with Gasteiger partial charge in [-0.15, -0.1) is 0 Å². The molecule has 190 valence electrons. The van der Waals surface area contributed by atoms with Gasteiger partial charge in [-0.25, -0.2) is 0 Å². The first kappa shape index (κ1) is 24.2. The lowest BCUT2D eigenvalue weighted by Crippen LogP contribution is -2.47. The third-order valence-electron chi connectivity index (χ3n) is 7.87. The standard InChI is InChI=1S/C28H42N6O/c1-22-19-24(20-23(2)27(22)35-3)9-8-10-31-15-17-33(18-16-31)26-21-25(32-11-4-5-12-32)29-28(30-26)34-13-6-7-14-34/h19-21H,4-18H2,1-3H3. The number of aromatic nitrogens is 2. The van der Waals surface area contributed by atoms with E-state index in [-0.39, 0.29) is 0 Å². The van der Waals surface area contributed by atoms with Crippen LogP contribution in [-0.4, -0.2) is 80.9 Å². The zero-order chi connectivity index (χ0) is 24.2. The van der Waals surface area contributed by atoms with Crippen LogP contribution in [0.15, 0.2) is 18.2 Å². The van der Waals surface area contributed by atoms with Gasteiger partial charge in [-0.05, 0) is 75.6 Å². The van der Waals surface area contributed by atoms with Crippen molar-refractivity contribution in [1.82, 2.24) is 14.9 Å². The van der Waals surface area contributed by atoms with E-state index in [0.29, 0.717) is 0 Å². The Morgan fingerprint density at radius 1 is 0.714 bits per heavy atom. The van der Waals surface area contributed by atoms with E-state index >= 15 is 0 Å². The van der Waals surface area contributed by atoms with Gasteiger partial charge in [0.2, 0.25) is 5.95 Å². The van der Waals surface area contributed by atoms with Crippen LogP contribution in [0.1, 0.15) is 48.8 Å². The van der Waals surface area contributed by atoms with Gasteiger partial charge < -0.3 is 19.4 Å². The van der Waals surface area contributed by atoms with Crippen molar-refractivity contribution in [3.8, 4) is 5.75 Å². The summed E-state index contributed by atoms with van der Waals surface area (Å²) in [6.07, 6.45) is 7.36. The number of ether oxygens (including phenoxy) is 1. The van der Waals surface area contributed by atoms with Crippen LogP contribution in [0.2, 0.25) is 0 Å². The van der Waals surface area contributed by atoms with Crippen LogP contribution in [0.4, 0.5) is 17.6 Å². The Balaban J connectivity index is 1.17. The molecule has 0 amide bonds.